The molecule has 0 spiro atoms. The maximum atomic E-state index is 12.4. The van der Waals surface area contributed by atoms with Gasteiger partial charge in [0.2, 0.25) is 0 Å². The third-order valence-corrected chi connectivity index (χ3v) is 4.57. The number of nitrogens with zero attached hydrogens (tertiary/aromatic N) is 2. The standard InChI is InChI=1S/C15H19N3O3S/c1-10(2)18-8-14(16-9-18)22(20,21)17-13-7-5-6-11(3)15(13)12(4)19/h5-10,17H,1-4H3. The molecule has 1 heterocycles. The summed E-state index contributed by atoms with van der Waals surface area (Å²) in [6, 6.07) is 5.15. The van der Waals surface area contributed by atoms with E-state index in [0.717, 1.165) is 5.56 Å². The molecule has 22 heavy (non-hydrogen) atoms. The predicted octanol–water partition coefficient (Wildman–Crippen LogP) is 2.78. The molecule has 0 aliphatic rings. The van der Waals surface area contributed by atoms with Crippen LogP contribution in [0.1, 0.15) is 42.7 Å². The largest absolute Gasteiger partial charge is 0.334 e. The Balaban J connectivity index is 2.41. The third kappa shape index (κ3) is 3.19. The molecule has 1 N–H and O–H groups in total. The highest BCUT2D eigenvalue weighted by Crippen LogP contribution is 2.23. The average Bonchev–Trinajstić information content (AvgIpc) is 2.88. The van der Waals surface area contributed by atoms with Crippen LogP contribution in [0.15, 0.2) is 35.7 Å². The summed E-state index contributed by atoms with van der Waals surface area (Å²) in [5, 5.41) is -0.0720. The van der Waals surface area contributed by atoms with Gasteiger partial charge in [-0.2, -0.15) is 8.42 Å². The summed E-state index contributed by atoms with van der Waals surface area (Å²) in [4.78, 5) is 15.7. The fourth-order valence-electron chi connectivity index (χ4n) is 2.16. The van der Waals surface area contributed by atoms with Crippen LogP contribution in [0.2, 0.25) is 0 Å². The lowest BCUT2D eigenvalue weighted by Crippen LogP contribution is -2.16. The second kappa shape index (κ2) is 5.92. The highest BCUT2D eigenvalue weighted by atomic mass is 32.2. The molecule has 7 heteroatoms. The fourth-order valence-corrected chi connectivity index (χ4v) is 3.17. The van der Waals surface area contributed by atoms with Crippen molar-refractivity contribution in [2.45, 2.75) is 38.8 Å². The Hall–Kier alpha value is -2.15. The molecule has 0 atom stereocenters. The summed E-state index contributed by atoms with van der Waals surface area (Å²) in [5.74, 6) is -0.191. The van der Waals surface area contributed by atoms with Gasteiger partial charge in [-0.3, -0.25) is 9.52 Å². The van der Waals surface area contributed by atoms with Gasteiger partial charge >= 0.3 is 0 Å². The number of benzene rings is 1. The van der Waals surface area contributed by atoms with E-state index < -0.39 is 10.0 Å². The summed E-state index contributed by atoms with van der Waals surface area (Å²) >= 11 is 0. The fraction of sp³-hybridized carbons (Fsp3) is 0.333. The summed E-state index contributed by atoms with van der Waals surface area (Å²) < 4.78 is 29.0. The Morgan fingerprint density at radius 2 is 2.00 bits per heavy atom. The quantitative estimate of drug-likeness (QED) is 0.859. The van der Waals surface area contributed by atoms with Gasteiger partial charge in [-0.1, -0.05) is 12.1 Å². The minimum absolute atomic E-state index is 0.0720. The first-order valence-electron chi connectivity index (χ1n) is 6.89. The molecular weight excluding hydrogens is 302 g/mol. The Labute approximate surface area is 130 Å². The molecular formula is C15H19N3O3S. The zero-order valence-corrected chi connectivity index (χ0v) is 13.8. The smallest absolute Gasteiger partial charge is 0.280 e. The maximum absolute atomic E-state index is 12.4. The molecule has 0 fully saturated rings. The van der Waals surface area contributed by atoms with Crippen molar-refractivity contribution in [2.24, 2.45) is 0 Å². The molecule has 2 rings (SSSR count). The van der Waals surface area contributed by atoms with Gasteiger partial charge < -0.3 is 4.57 Å². The molecule has 0 aliphatic heterocycles. The van der Waals surface area contributed by atoms with Crippen LogP contribution in [0.3, 0.4) is 0 Å². The van der Waals surface area contributed by atoms with E-state index in [1.807, 2.05) is 13.8 Å². The number of Topliss-reactive ketones (excluding diaryl/α,β-unsaturated/α-hetero) is 1. The molecule has 0 saturated heterocycles. The Morgan fingerprint density at radius 3 is 2.55 bits per heavy atom. The van der Waals surface area contributed by atoms with Crippen LogP contribution in [-0.4, -0.2) is 23.8 Å². The third-order valence-electron chi connectivity index (χ3n) is 3.32. The van der Waals surface area contributed by atoms with Crippen LogP contribution in [0.4, 0.5) is 5.69 Å². The molecule has 0 unspecified atom stereocenters. The van der Waals surface area contributed by atoms with E-state index in [2.05, 4.69) is 9.71 Å². The van der Waals surface area contributed by atoms with Crippen molar-refractivity contribution in [3.63, 3.8) is 0 Å². The minimum atomic E-state index is -3.83. The number of carbonyl (C=O) groups excluding carboxylic acids is 1. The van der Waals surface area contributed by atoms with Crippen LogP contribution >= 0.6 is 0 Å². The van der Waals surface area contributed by atoms with Crippen molar-refractivity contribution in [3.8, 4) is 0 Å². The van der Waals surface area contributed by atoms with Gasteiger partial charge in [-0.15, -0.1) is 0 Å². The van der Waals surface area contributed by atoms with Crippen LogP contribution in [0.25, 0.3) is 0 Å². The second-order valence-electron chi connectivity index (χ2n) is 5.41. The van der Waals surface area contributed by atoms with Crippen molar-refractivity contribution in [3.05, 3.63) is 41.9 Å². The summed E-state index contributed by atoms with van der Waals surface area (Å²) in [6.07, 6.45) is 2.94. The summed E-state index contributed by atoms with van der Waals surface area (Å²) in [5.41, 5.74) is 1.36. The second-order valence-corrected chi connectivity index (χ2v) is 7.04. The van der Waals surface area contributed by atoms with Crippen LogP contribution in [0.5, 0.6) is 0 Å². The molecule has 2 aromatic rings. The number of imidazole rings is 1. The number of ketones is 1. The number of hydrogen-bond acceptors (Lipinski definition) is 4. The van der Waals surface area contributed by atoms with E-state index in [4.69, 9.17) is 0 Å². The Morgan fingerprint density at radius 1 is 1.32 bits per heavy atom. The lowest BCUT2D eigenvalue weighted by Gasteiger charge is -2.12. The molecule has 1 aromatic carbocycles. The van der Waals surface area contributed by atoms with E-state index in [1.54, 1.807) is 29.7 Å². The lowest BCUT2D eigenvalue weighted by atomic mass is 10.0. The van der Waals surface area contributed by atoms with Crippen molar-refractivity contribution in [1.82, 2.24) is 9.55 Å². The molecule has 6 nitrogen and oxygen atoms in total. The summed E-state index contributed by atoms with van der Waals surface area (Å²) in [7, 11) is -3.83. The van der Waals surface area contributed by atoms with Crippen molar-refractivity contribution >= 4 is 21.5 Å². The molecule has 0 bridgehead atoms. The van der Waals surface area contributed by atoms with E-state index in [0.29, 0.717) is 5.56 Å². The van der Waals surface area contributed by atoms with Gasteiger partial charge in [0.25, 0.3) is 10.0 Å². The first-order chi connectivity index (χ1) is 10.2. The normalized spacial score (nSPS) is 11.7. The number of rotatable bonds is 5. The van der Waals surface area contributed by atoms with E-state index >= 15 is 0 Å². The van der Waals surface area contributed by atoms with Gasteiger partial charge in [0.05, 0.1) is 12.0 Å². The SMILES string of the molecule is CC(=O)c1c(C)cccc1NS(=O)(=O)c1cn(C(C)C)cn1. The van der Waals surface area contributed by atoms with Crippen molar-refractivity contribution in [2.75, 3.05) is 4.72 Å². The monoisotopic (exact) mass is 321 g/mol. The molecule has 0 amide bonds. The topological polar surface area (TPSA) is 81.1 Å². The molecule has 1 aromatic heterocycles. The highest BCUT2D eigenvalue weighted by molar-refractivity contribution is 7.92. The number of hydrogen-bond donors (Lipinski definition) is 1. The lowest BCUT2D eigenvalue weighted by molar-refractivity contribution is 0.101. The predicted molar refractivity (Wildman–Crippen MR) is 84.6 cm³/mol. The number of aryl methyl sites for hydroxylation is 1. The number of sulfonamides is 1. The zero-order valence-electron chi connectivity index (χ0n) is 13.0. The maximum Gasteiger partial charge on any atom is 0.280 e. The number of aromatic nitrogens is 2. The van der Waals surface area contributed by atoms with Crippen LogP contribution in [0, 0.1) is 6.92 Å². The van der Waals surface area contributed by atoms with E-state index in [9.17, 15) is 13.2 Å². The molecule has 0 radical (unpaired) electrons. The van der Waals surface area contributed by atoms with Crippen molar-refractivity contribution < 1.29 is 13.2 Å². The molecule has 118 valence electrons. The average molecular weight is 321 g/mol. The van der Waals surface area contributed by atoms with Gasteiger partial charge in [0.1, 0.15) is 0 Å². The zero-order chi connectivity index (χ0) is 16.5. The first-order valence-corrected chi connectivity index (χ1v) is 8.37. The molecule has 0 aliphatic carbocycles. The summed E-state index contributed by atoms with van der Waals surface area (Å²) in [6.45, 7) is 7.04. The van der Waals surface area contributed by atoms with E-state index in [1.165, 1.54) is 19.4 Å². The van der Waals surface area contributed by atoms with Gasteiger partial charge in [-0.05, 0) is 39.3 Å². The highest BCUT2D eigenvalue weighted by Gasteiger charge is 2.21. The Kier molecular flexibility index (Phi) is 4.37. The number of carbonyl (C=O) groups is 1. The van der Waals surface area contributed by atoms with Crippen LogP contribution in [-0.2, 0) is 10.0 Å². The van der Waals surface area contributed by atoms with Gasteiger partial charge in [-0.25, -0.2) is 4.98 Å². The van der Waals surface area contributed by atoms with E-state index in [-0.39, 0.29) is 22.5 Å². The van der Waals surface area contributed by atoms with Crippen LogP contribution < -0.4 is 4.72 Å². The van der Waals surface area contributed by atoms with Crippen molar-refractivity contribution in [1.29, 1.82) is 0 Å². The van der Waals surface area contributed by atoms with Gasteiger partial charge in [0.15, 0.2) is 10.8 Å². The Bertz CT molecular complexity index is 807. The molecule has 0 saturated carbocycles. The number of anilines is 1. The minimum Gasteiger partial charge on any atom is -0.334 e. The first kappa shape index (κ1) is 16.2. The number of nitrogens with one attached hydrogen (secondary N) is 1. The van der Waals surface area contributed by atoms with Gasteiger partial charge in [0, 0.05) is 17.8 Å².